The van der Waals surface area contributed by atoms with E-state index in [0.717, 1.165) is 19.4 Å². The number of likely N-dealkylation sites (tertiary alicyclic amines) is 1. The molecule has 2 aliphatic rings. The topological polar surface area (TPSA) is 61.4 Å². The van der Waals surface area contributed by atoms with Crippen molar-refractivity contribution in [2.45, 2.75) is 44.6 Å². The standard InChI is InChI=1S/C19H27N3O2/c1-15(23)20-12-7-13-21-18(24)22-14-17-10-5-6-11-19(17,22)16-8-3-2-4-9-16/h2-4,8-9,17H,5-7,10-14H2,1H3,(H,20,23)(H,21,24)/t17-,19-/m1/s1. The second-order valence-electron chi connectivity index (χ2n) is 6.91. The first-order chi connectivity index (χ1) is 11.6. The molecule has 1 aliphatic heterocycles. The summed E-state index contributed by atoms with van der Waals surface area (Å²) in [6.07, 6.45) is 5.46. The molecule has 1 saturated carbocycles. The molecule has 3 rings (SSSR count). The second kappa shape index (κ2) is 7.24. The maximum absolute atomic E-state index is 12.7. The van der Waals surface area contributed by atoms with Crippen LogP contribution in [-0.2, 0) is 10.3 Å². The van der Waals surface area contributed by atoms with Gasteiger partial charge in [-0.3, -0.25) is 4.79 Å². The van der Waals surface area contributed by atoms with Crippen LogP contribution in [0.15, 0.2) is 30.3 Å². The van der Waals surface area contributed by atoms with Gasteiger partial charge in [0.1, 0.15) is 0 Å². The normalized spacial score (nSPS) is 25.4. The molecule has 0 unspecified atom stereocenters. The Labute approximate surface area is 143 Å². The zero-order chi connectivity index (χ0) is 17.0. The molecule has 0 bridgehead atoms. The van der Waals surface area contributed by atoms with Crippen molar-refractivity contribution < 1.29 is 9.59 Å². The van der Waals surface area contributed by atoms with Crippen molar-refractivity contribution in [2.24, 2.45) is 5.92 Å². The van der Waals surface area contributed by atoms with Gasteiger partial charge in [-0.15, -0.1) is 0 Å². The van der Waals surface area contributed by atoms with Crippen LogP contribution in [0.1, 0.15) is 44.6 Å². The monoisotopic (exact) mass is 329 g/mol. The van der Waals surface area contributed by atoms with E-state index in [1.165, 1.54) is 31.7 Å². The maximum atomic E-state index is 12.7. The molecule has 5 nitrogen and oxygen atoms in total. The molecule has 3 amide bonds. The van der Waals surface area contributed by atoms with Gasteiger partial charge in [0.25, 0.3) is 0 Å². The number of hydrogen-bond acceptors (Lipinski definition) is 2. The Hall–Kier alpha value is -2.04. The summed E-state index contributed by atoms with van der Waals surface area (Å²) in [7, 11) is 0. The highest BCUT2D eigenvalue weighted by molar-refractivity contribution is 5.77. The molecule has 5 heteroatoms. The number of urea groups is 1. The quantitative estimate of drug-likeness (QED) is 0.816. The van der Waals surface area contributed by atoms with Gasteiger partial charge < -0.3 is 15.5 Å². The lowest BCUT2D eigenvalue weighted by molar-refractivity contribution is -0.118. The van der Waals surface area contributed by atoms with E-state index >= 15 is 0 Å². The highest BCUT2D eigenvalue weighted by Crippen LogP contribution is 2.53. The largest absolute Gasteiger partial charge is 0.356 e. The summed E-state index contributed by atoms with van der Waals surface area (Å²) in [6.45, 7) is 3.55. The molecule has 130 valence electrons. The van der Waals surface area contributed by atoms with E-state index in [4.69, 9.17) is 0 Å². The van der Waals surface area contributed by atoms with Crippen LogP contribution >= 0.6 is 0 Å². The first-order valence-electron chi connectivity index (χ1n) is 9.00. The van der Waals surface area contributed by atoms with E-state index in [9.17, 15) is 9.59 Å². The first kappa shape index (κ1) is 16.8. The van der Waals surface area contributed by atoms with E-state index in [1.807, 2.05) is 11.0 Å². The maximum Gasteiger partial charge on any atom is 0.318 e. The van der Waals surface area contributed by atoms with Crippen molar-refractivity contribution in [3.8, 4) is 0 Å². The average Bonchev–Trinajstić information content (AvgIpc) is 2.56. The summed E-state index contributed by atoms with van der Waals surface area (Å²) in [6, 6.07) is 10.5. The van der Waals surface area contributed by atoms with Crippen LogP contribution < -0.4 is 10.6 Å². The Bertz CT molecular complexity index is 590. The Kier molecular flexibility index (Phi) is 5.07. The number of hydrogen-bond donors (Lipinski definition) is 2. The van der Waals surface area contributed by atoms with Gasteiger partial charge in [0.2, 0.25) is 5.91 Å². The molecule has 2 fully saturated rings. The van der Waals surface area contributed by atoms with Crippen molar-refractivity contribution in [1.82, 2.24) is 15.5 Å². The average molecular weight is 329 g/mol. The summed E-state index contributed by atoms with van der Waals surface area (Å²) in [4.78, 5) is 25.6. The molecular weight excluding hydrogens is 302 g/mol. The molecule has 1 aromatic carbocycles. The number of carbonyl (C=O) groups excluding carboxylic acids is 2. The molecule has 0 radical (unpaired) electrons. The third-order valence-electron chi connectivity index (χ3n) is 5.44. The van der Waals surface area contributed by atoms with Crippen molar-refractivity contribution in [2.75, 3.05) is 19.6 Å². The minimum Gasteiger partial charge on any atom is -0.356 e. The molecular formula is C19H27N3O2. The van der Waals surface area contributed by atoms with Crippen LogP contribution in [0, 0.1) is 5.92 Å². The fourth-order valence-electron chi connectivity index (χ4n) is 4.27. The lowest BCUT2D eigenvalue weighted by Crippen LogP contribution is -2.69. The lowest BCUT2D eigenvalue weighted by atomic mass is 9.62. The second-order valence-corrected chi connectivity index (χ2v) is 6.91. The molecule has 1 saturated heterocycles. The van der Waals surface area contributed by atoms with Crippen molar-refractivity contribution in [3.63, 3.8) is 0 Å². The molecule has 1 aromatic rings. The molecule has 1 aliphatic carbocycles. The third kappa shape index (κ3) is 3.12. The van der Waals surface area contributed by atoms with Gasteiger partial charge in [0.05, 0.1) is 5.54 Å². The number of fused-ring (bicyclic) bond motifs is 1. The summed E-state index contributed by atoms with van der Waals surface area (Å²) >= 11 is 0. The zero-order valence-electron chi connectivity index (χ0n) is 14.4. The zero-order valence-corrected chi connectivity index (χ0v) is 14.4. The molecule has 2 atom stereocenters. The van der Waals surface area contributed by atoms with Gasteiger partial charge in [0, 0.05) is 32.5 Å². The fraction of sp³-hybridized carbons (Fsp3) is 0.579. The van der Waals surface area contributed by atoms with Crippen molar-refractivity contribution in [3.05, 3.63) is 35.9 Å². The molecule has 0 aromatic heterocycles. The number of nitrogens with zero attached hydrogens (tertiary/aromatic N) is 1. The molecule has 1 heterocycles. The lowest BCUT2D eigenvalue weighted by Gasteiger charge is -2.61. The Morgan fingerprint density at radius 2 is 1.92 bits per heavy atom. The minimum absolute atomic E-state index is 0.0276. The molecule has 0 spiro atoms. The van der Waals surface area contributed by atoms with Crippen LogP contribution in [-0.4, -0.2) is 36.5 Å². The van der Waals surface area contributed by atoms with Crippen molar-refractivity contribution >= 4 is 11.9 Å². The van der Waals surface area contributed by atoms with Gasteiger partial charge in [0.15, 0.2) is 0 Å². The predicted octanol–water partition coefficient (Wildman–Crippen LogP) is 2.62. The number of carbonyl (C=O) groups is 2. The van der Waals surface area contributed by atoms with Crippen LogP contribution in [0.4, 0.5) is 4.79 Å². The van der Waals surface area contributed by atoms with Gasteiger partial charge in [-0.1, -0.05) is 43.2 Å². The van der Waals surface area contributed by atoms with Crippen LogP contribution in [0.3, 0.4) is 0 Å². The van der Waals surface area contributed by atoms with Gasteiger partial charge in [-0.2, -0.15) is 0 Å². The third-order valence-corrected chi connectivity index (χ3v) is 5.44. The van der Waals surface area contributed by atoms with Gasteiger partial charge in [-0.25, -0.2) is 4.79 Å². The predicted molar refractivity (Wildman–Crippen MR) is 93.5 cm³/mol. The van der Waals surface area contributed by atoms with Crippen LogP contribution in [0.25, 0.3) is 0 Å². The number of nitrogens with one attached hydrogen (secondary N) is 2. The van der Waals surface area contributed by atoms with E-state index in [1.54, 1.807) is 0 Å². The van der Waals surface area contributed by atoms with Gasteiger partial charge in [-0.05, 0) is 24.8 Å². The Morgan fingerprint density at radius 1 is 1.17 bits per heavy atom. The van der Waals surface area contributed by atoms with E-state index in [-0.39, 0.29) is 17.5 Å². The number of rotatable bonds is 5. The van der Waals surface area contributed by atoms with Crippen LogP contribution in [0.2, 0.25) is 0 Å². The summed E-state index contributed by atoms with van der Waals surface area (Å²) in [5.74, 6) is 0.552. The Balaban J connectivity index is 1.62. The Morgan fingerprint density at radius 3 is 2.62 bits per heavy atom. The van der Waals surface area contributed by atoms with E-state index in [2.05, 4.69) is 34.9 Å². The SMILES string of the molecule is CC(=O)NCCCNC(=O)N1C[C@H]2CCCC[C@@]21c1ccccc1. The fourth-order valence-corrected chi connectivity index (χ4v) is 4.27. The summed E-state index contributed by atoms with van der Waals surface area (Å²) in [5.41, 5.74) is 1.16. The summed E-state index contributed by atoms with van der Waals surface area (Å²) < 4.78 is 0. The van der Waals surface area contributed by atoms with Crippen molar-refractivity contribution in [1.29, 1.82) is 0 Å². The van der Waals surface area contributed by atoms with Gasteiger partial charge >= 0.3 is 6.03 Å². The smallest absolute Gasteiger partial charge is 0.318 e. The highest BCUT2D eigenvalue weighted by Gasteiger charge is 2.56. The van der Waals surface area contributed by atoms with E-state index in [0.29, 0.717) is 19.0 Å². The highest BCUT2D eigenvalue weighted by atomic mass is 16.2. The van der Waals surface area contributed by atoms with E-state index < -0.39 is 0 Å². The minimum atomic E-state index is -0.110. The first-order valence-corrected chi connectivity index (χ1v) is 9.00. The molecule has 24 heavy (non-hydrogen) atoms. The molecule has 2 N–H and O–H groups in total. The number of benzene rings is 1. The summed E-state index contributed by atoms with van der Waals surface area (Å²) in [5, 5.41) is 5.77. The number of amides is 3. The van der Waals surface area contributed by atoms with Crippen LogP contribution in [0.5, 0.6) is 0 Å².